The van der Waals surface area contributed by atoms with E-state index in [2.05, 4.69) is 10.3 Å². The molecule has 26 heavy (non-hydrogen) atoms. The summed E-state index contributed by atoms with van der Waals surface area (Å²) in [5, 5.41) is 2.88. The van der Waals surface area contributed by atoms with E-state index in [1.807, 2.05) is 54.6 Å². The van der Waals surface area contributed by atoms with Crippen LogP contribution in [0.15, 0.2) is 72.5 Å². The number of aromatic nitrogens is 1. The molecule has 0 saturated carbocycles. The highest BCUT2D eigenvalue weighted by atomic mass is 19.1. The molecule has 1 unspecified atom stereocenters. The number of benzene rings is 1. The third-order valence-corrected chi connectivity index (χ3v) is 3.97. The van der Waals surface area contributed by atoms with Gasteiger partial charge in [-0.15, -0.1) is 0 Å². The molecule has 0 aliphatic heterocycles. The van der Waals surface area contributed by atoms with E-state index in [1.165, 1.54) is 0 Å². The van der Waals surface area contributed by atoms with Crippen molar-refractivity contribution in [1.82, 2.24) is 10.3 Å². The van der Waals surface area contributed by atoms with E-state index >= 15 is 0 Å². The van der Waals surface area contributed by atoms with Crippen molar-refractivity contribution in [1.29, 1.82) is 0 Å². The lowest BCUT2D eigenvalue weighted by Crippen LogP contribution is -2.24. The lowest BCUT2D eigenvalue weighted by Gasteiger charge is -2.12. The molecule has 1 heterocycles. The minimum Gasteiger partial charge on any atom is -0.489 e. The van der Waals surface area contributed by atoms with Gasteiger partial charge in [-0.3, -0.25) is 9.78 Å². The Morgan fingerprint density at radius 3 is 2.81 bits per heavy atom. The normalized spacial score (nSPS) is 16.0. The van der Waals surface area contributed by atoms with Crippen LogP contribution in [0.1, 0.15) is 17.7 Å². The van der Waals surface area contributed by atoms with Crippen LogP contribution < -0.4 is 10.1 Å². The average Bonchev–Trinajstić information content (AvgIpc) is 2.66. The van der Waals surface area contributed by atoms with Gasteiger partial charge in [0.05, 0.1) is 6.42 Å². The predicted octanol–water partition coefficient (Wildman–Crippen LogP) is 3.54. The molecule has 1 aliphatic carbocycles. The molecule has 0 fully saturated rings. The third-order valence-electron chi connectivity index (χ3n) is 3.97. The molecular weight excluding hydrogens is 331 g/mol. The second-order valence-electron chi connectivity index (χ2n) is 6.10. The first-order valence-corrected chi connectivity index (χ1v) is 8.59. The molecule has 2 aromatic rings. The molecule has 0 bridgehead atoms. The van der Waals surface area contributed by atoms with Gasteiger partial charge in [0.2, 0.25) is 5.91 Å². The zero-order valence-electron chi connectivity index (χ0n) is 14.4. The van der Waals surface area contributed by atoms with Gasteiger partial charge in [-0.2, -0.15) is 0 Å². The minimum absolute atomic E-state index is 0.0687. The Balaban J connectivity index is 1.44. The fourth-order valence-electron chi connectivity index (χ4n) is 2.60. The molecule has 0 spiro atoms. The highest BCUT2D eigenvalue weighted by Gasteiger charge is 2.08. The van der Waals surface area contributed by atoms with Crippen LogP contribution in [0, 0.1) is 0 Å². The first-order chi connectivity index (χ1) is 12.7. The molecule has 1 atom stereocenters. The predicted molar refractivity (Wildman–Crippen MR) is 98.5 cm³/mol. The zero-order valence-corrected chi connectivity index (χ0v) is 14.4. The van der Waals surface area contributed by atoms with Crippen LogP contribution in [0.3, 0.4) is 0 Å². The summed E-state index contributed by atoms with van der Waals surface area (Å²) >= 11 is 0. The first kappa shape index (κ1) is 17.9. The average molecular weight is 352 g/mol. The van der Waals surface area contributed by atoms with Gasteiger partial charge in [-0.05, 0) is 41.5 Å². The number of nitrogens with zero attached hydrogens (tertiary/aromatic N) is 1. The zero-order chi connectivity index (χ0) is 18.2. The molecule has 0 saturated heterocycles. The second-order valence-corrected chi connectivity index (χ2v) is 6.10. The van der Waals surface area contributed by atoms with E-state index < -0.39 is 6.17 Å². The molecule has 1 aliphatic rings. The number of hydrogen-bond donors (Lipinski definition) is 1. The van der Waals surface area contributed by atoms with Crippen LogP contribution in [0.2, 0.25) is 0 Å². The van der Waals surface area contributed by atoms with E-state index in [9.17, 15) is 9.18 Å². The molecule has 1 aromatic carbocycles. The van der Waals surface area contributed by atoms with Gasteiger partial charge in [0.1, 0.15) is 18.5 Å². The summed E-state index contributed by atoms with van der Waals surface area (Å²) in [5.74, 6) is 0.643. The van der Waals surface area contributed by atoms with E-state index in [-0.39, 0.29) is 12.3 Å². The highest BCUT2D eigenvalue weighted by molar-refractivity contribution is 5.78. The number of halogens is 1. The van der Waals surface area contributed by atoms with Crippen molar-refractivity contribution >= 4 is 5.91 Å². The Kier molecular flexibility index (Phi) is 6.14. The fourth-order valence-corrected chi connectivity index (χ4v) is 2.60. The Hall–Kier alpha value is -2.95. The molecule has 3 rings (SSSR count). The Labute approximate surface area is 152 Å². The summed E-state index contributed by atoms with van der Waals surface area (Å²) in [7, 11) is 0. The smallest absolute Gasteiger partial charge is 0.226 e. The van der Waals surface area contributed by atoms with E-state index in [0.29, 0.717) is 25.3 Å². The molecule has 0 radical (unpaired) electrons. The number of ether oxygens (including phenoxy) is 1. The van der Waals surface area contributed by atoms with Crippen LogP contribution in [0.25, 0.3) is 0 Å². The largest absolute Gasteiger partial charge is 0.489 e. The summed E-state index contributed by atoms with van der Waals surface area (Å²) < 4.78 is 19.0. The summed E-state index contributed by atoms with van der Waals surface area (Å²) in [5.41, 5.74) is 2.57. The Morgan fingerprint density at radius 1 is 1.23 bits per heavy atom. The number of allylic oxidation sites excluding steroid dienone is 2. The number of rotatable bonds is 7. The number of amides is 1. The summed E-state index contributed by atoms with van der Waals surface area (Å²) in [4.78, 5) is 16.1. The number of carbonyl (C=O) groups is 1. The molecule has 134 valence electrons. The molecule has 1 N–H and O–H groups in total. The van der Waals surface area contributed by atoms with Crippen LogP contribution >= 0.6 is 0 Å². The summed E-state index contributed by atoms with van der Waals surface area (Å²) in [6.45, 7) is 0.792. The lowest BCUT2D eigenvalue weighted by atomic mass is 10.1. The summed E-state index contributed by atoms with van der Waals surface area (Å²) in [6, 6.07) is 13.0. The van der Waals surface area contributed by atoms with Crippen molar-refractivity contribution in [2.75, 3.05) is 6.61 Å². The number of pyridine rings is 1. The molecule has 5 heteroatoms. The van der Waals surface area contributed by atoms with Gasteiger partial charge in [-0.1, -0.05) is 30.4 Å². The van der Waals surface area contributed by atoms with Crippen molar-refractivity contribution in [2.45, 2.75) is 25.6 Å². The van der Waals surface area contributed by atoms with Crippen molar-refractivity contribution in [3.05, 3.63) is 83.7 Å². The van der Waals surface area contributed by atoms with Gasteiger partial charge >= 0.3 is 0 Å². The van der Waals surface area contributed by atoms with E-state index in [0.717, 1.165) is 16.8 Å². The van der Waals surface area contributed by atoms with Gasteiger partial charge in [0, 0.05) is 24.9 Å². The maximum absolute atomic E-state index is 13.3. The summed E-state index contributed by atoms with van der Waals surface area (Å²) in [6.07, 6.45) is 6.75. The molecule has 1 amide bonds. The topological polar surface area (TPSA) is 51.2 Å². The van der Waals surface area contributed by atoms with E-state index in [1.54, 1.807) is 12.3 Å². The van der Waals surface area contributed by atoms with Crippen LogP contribution in [0.4, 0.5) is 4.39 Å². The minimum atomic E-state index is -0.921. The second kappa shape index (κ2) is 8.94. The van der Waals surface area contributed by atoms with Crippen molar-refractivity contribution < 1.29 is 13.9 Å². The maximum atomic E-state index is 13.3. The Morgan fingerprint density at radius 2 is 2.08 bits per heavy atom. The molecular formula is C21H21FN2O2. The van der Waals surface area contributed by atoms with Gasteiger partial charge in [0.25, 0.3) is 0 Å². The number of alkyl halides is 1. The monoisotopic (exact) mass is 352 g/mol. The van der Waals surface area contributed by atoms with Crippen LogP contribution in [-0.2, 0) is 17.8 Å². The van der Waals surface area contributed by atoms with Gasteiger partial charge in [0.15, 0.2) is 0 Å². The SMILES string of the molecule is O=C(Cc1ccccn1)NCc1ccc(OCC2=CC(F)CC=C2)cc1. The number of nitrogens with one attached hydrogen (secondary N) is 1. The fraction of sp³-hybridized carbons (Fsp3) is 0.238. The first-order valence-electron chi connectivity index (χ1n) is 8.59. The van der Waals surface area contributed by atoms with Crippen molar-refractivity contribution in [3.8, 4) is 5.75 Å². The highest BCUT2D eigenvalue weighted by Crippen LogP contribution is 2.17. The maximum Gasteiger partial charge on any atom is 0.226 e. The van der Waals surface area contributed by atoms with Gasteiger partial charge < -0.3 is 10.1 Å². The lowest BCUT2D eigenvalue weighted by molar-refractivity contribution is -0.120. The standard InChI is InChI=1S/C21H21FN2O2/c22-18-5-3-4-17(12-18)15-26-20-9-7-16(8-10-20)14-24-21(25)13-19-6-1-2-11-23-19/h1-4,6-12,18H,5,13-15H2,(H,24,25). The van der Waals surface area contributed by atoms with Crippen LogP contribution in [0.5, 0.6) is 5.75 Å². The molecule has 4 nitrogen and oxygen atoms in total. The van der Waals surface area contributed by atoms with Crippen molar-refractivity contribution in [3.63, 3.8) is 0 Å². The Bertz CT molecular complexity index is 785. The quantitative estimate of drug-likeness (QED) is 0.829. The van der Waals surface area contributed by atoms with Crippen LogP contribution in [-0.4, -0.2) is 23.7 Å². The van der Waals surface area contributed by atoms with Gasteiger partial charge in [-0.25, -0.2) is 4.39 Å². The number of hydrogen-bond acceptors (Lipinski definition) is 3. The number of carbonyl (C=O) groups excluding carboxylic acids is 1. The molecule has 1 aromatic heterocycles. The van der Waals surface area contributed by atoms with E-state index in [4.69, 9.17) is 4.74 Å². The third kappa shape index (κ3) is 5.55. The van der Waals surface area contributed by atoms with Crippen molar-refractivity contribution in [2.24, 2.45) is 0 Å².